The summed E-state index contributed by atoms with van der Waals surface area (Å²) >= 11 is 0. The third-order valence-electron chi connectivity index (χ3n) is 3.83. The molecular formula is C16H23FN2O4S. The predicted molar refractivity (Wildman–Crippen MR) is 89.8 cm³/mol. The van der Waals surface area contributed by atoms with Crippen molar-refractivity contribution in [2.75, 3.05) is 30.3 Å². The highest BCUT2D eigenvalue weighted by atomic mass is 32.2. The molecule has 0 radical (unpaired) electrons. The summed E-state index contributed by atoms with van der Waals surface area (Å²) in [5.41, 5.74) is 0.388. The van der Waals surface area contributed by atoms with Crippen LogP contribution in [0.15, 0.2) is 24.3 Å². The molecule has 1 saturated heterocycles. The van der Waals surface area contributed by atoms with Crippen molar-refractivity contribution in [3.8, 4) is 0 Å². The molecule has 1 aliphatic rings. The highest BCUT2D eigenvalue weighted by Crippen LogP contribution is 2.18. The molecule has 1 fully saturated rings. The second-order valence-electron chi connectivity index (χ2n) is 5.85. The van der Waals surface area contributed by atoms with Crippen LogP contribution in [0.25, 0.3) is 0 Å². The van der Waals surface area contributed by atoms with E-state index in [1.54, 1.807) is 0 Å². The van der Waals surface area contributed by atoms with Crippen LogP contribution < -0.4 is 9.62 Å². The average Bonchev–Trinajstić information content (AvgIpc) is 3.03. The summed E-state index contributed by atoms with van der Waals surface area (Å²) in [6.07, 6.45) is 3.74. The van der Waals surface area contributed by atoms with E-state index in [4.69, 9.17) is 4.74 Å². The van der Waals surface area contributed by atoms with Crippen molar-refractivity contribution >= 4 is 21.6 Å². The predicted octanol–water partition coefficient (Wildman–Crippen LogP) is 1.67. The van der Waals surface area contributed by atoms with Crippen molar-refractivity contribution in [3.63, 3.8) is 0 Å². The second-order valence-corrected chi connectivity index (χ2v) is 7.76. The van der Waals surface area contributed by atoms with E-state index < -0.39 is 15.8 Å². The smallest absolute Gasteiger partial charge is 0.232 e. The molecule has 1 N–H and O–H groups in total. The van der Waals surface area contributed by atoms with Gasteiger partial charge in [-0.25, -0.2) is 12.8 Å². The van der Waals surface area contributed by atoms with Gasteiger partial charge in [0.2, 0.25) is 15.9 Å². The van der Waals surface area contributed by atoms with E-state index in [0.29, 0.717) is 18.7 Å². The number of nitrogens with one attached hydrogen (secondary N) is 1. The van der Waals surface area contributed by atoms with Crippen LogP contribution in [0.4, 0.5) is 10.1 Å². The molecule has 0 spiro atoms. The molecule has 1 aromatic carbocycles. The van der Waals surface area contributed by atoms with E-state index >= 15 is 0 Å². The maximum absolute atomic E-state index is 13.0. The van der Waals surface area contributed by atoms with E-state index in [1.807, 2.05) is 0 Å². The standard InChI is InChI=1S/C16H23FN2O4S/c1-24(21,22)19(14-8-6-13(17)7-9-14)10-2-5-16(20)18-12-15-4-3-11-23-15/h6-9,15H,2-5,10-12H2,1H3,(H,18,20). The fourth-order valence-corrected chi connectivity index (χ4v) is 3.56. The number of hydrogen-bond donors (Lipinski definition) is 1. The van der Waals surface area contributed by atoms with Crippen LogP contribution >= 0.6 is 0 Å². The Hall–Kier alpha value is -1.67. The molecule has 8 heteroatoms. The van der Waals surface area contributed by atoms with Crippen molar-refractivity contribution in [3.05, 3.63) is 30.1 Å². The summed E-state index contributed by atoms with van der Waals surface area (Å²) in [5.74, 6) is -0.557. The van der Waals surface area contributed by atoms with Crippen LogP contribution in [0.2, 0.25) is 0 Å². The van der Waals surface area contributed by atoms with Crippen molar-refractivity contribution in [2.24, 2.45) is 0 Å². The number of rotatable bonds is 8. The van der Waals surface area contributed by atoms with Crippen LogP contribution in [0.3, 0.4) is 0 Å². The van der Waals surface area contributed by atoms with Crippen molar-refractivity contribution < 1.29 is 22.3 Å². The van der Waals surface area contributed by atoms with Crippen LogP contribution in [-0.2, 0) is 19.6 Å². The fourth-order valence-electron chi connectivity index (χ4n) is 2.60. The molecule has 134 valence electrons. The van der Waals surface area contributed by atoms with Gasteiger partial charge in [0.1, 0.15) is 5.82 Å². The summed E-state index contributed by atoms with van der Waals surface area (Å²) in [6.45, 7) is 1.39. The zero-order chi connectivity index (χ0) is 17.6. The summed E-state index contributed by atoms with van der Waals surface area (Å²) in [6, 6.07) is 5.24. The number of amides is 1. The van der Waals surface area contributed by atoms with Gasteiger partial charge in [-0.2, -0.15) is 0 Å². The number of benzene rings is 1. The molecule has 1 atom stereocenters. The number of sulfonamides is 1. The highest BCUT2D eigenvalue weighted by molar-refractivity contribution is 7.92. The number of nitrogens with zero attached hydrogens (tertiary/aromatic N) is 1. The van der Waals surface area contributed by atoms with E-state index in [-0.39, 0.29) is 25.0 Å². The lowest BCUT2D eigenvalue weighted by molar-refractivity contribution is -0.121. The minimum absolute atomic E-state index is 0.0840. The minimum atomic E-state index is -3.49. The topological polar surface area (TPSA) is 75.7 Å². The number of ether oxygens (including phenoxy) is 1. The van der Waals surface area contributed by atoms with E-state index in [0.717, 1.165) is 25.7 Å². The largest absolute Gasteiger partial charge is 0.376 e. The van der Waals surface area contributed by atoms with Gasteiger partial charge in [-0.1, -0.05) is 0 Å². The minimum Gasteiger partial charge on any atom is -0.376 e. The molecule has 6 nitrogen and oxygen atoms in total. The Morgan fingerprint density at radius 2 is 2.08 bits per heavy atom. The third-order valence-corrected chi connectivity index (χ3v) is 5.02. The third kappa shape index (κ3) is 5.76. The molecule has 1 aromatic rings. The maximum Gasteiger partial charge on any atom is 0.232 e. The Balaban J connectivity index is 1.82. The Morgan fingerprint density at radius 3 is 2.67 bits per heavy atom. The zero-order valence-electron chi connectivity index (χ0n) is 13.7. The van der Waals surface area contributed by atoms with Gasteiger partial charge in [0.25, 0.3) is 0 Å². The Bertz CT molecular complexity index is 643. The van der Waals surface area contributed by atoms with Gasteiger partial charge < -0.3 is 10.1 Å². The highest BCUT2D eigenvalue weighted by Gasteiger charge is 2.19. The summed E-state index contributed by atoms with van der Waals surface area (Å²) in [4.78, 5) is 11.8. The van der Waals surface area contributed by atoms with E-state index in [1.165, 1.54) is 28.6 Å². The summed E-state index contributed by atoms with van der Waals surface area (Å²) in [5, 5.41) is 2.80. The monoisotopic (exact) mass is 358 g/mol. The van der Waals surface area contributed by atoms with Crippen molar-refractivity contribution in [1.29, 1.82) is 0 Å². The average molecular weight is 358 g/mol. The lowest BCUT2D eigenvalue weighted by atomic mass is 10.2. The Morgan fingerprint density at radius 1 is 1.38 bits per heavy atom. The second kappa shape index (κ2) is 8.43. The van der Waals surface area contributed by atoms with Crippen LogP contribution in [0.1, 0.15) is 25.7 Å². The quantitative estimate of drug-likeness (QED) is 0.767. The van der Waals surface area contributed by atoms with Gasteiger partial charge in [0.05, 0.1) is 18.0 Å². The first-order chi connectivity index (χ1) is 11.4. The molecular weight excluding hydrogens is 335 g/mol. The normalized spacial score (nSPS) is 17.7. The van der Waals surface area contributed by atoms with Gasteiger partial charge in [-0.3, -0.25) is 9.10 Å². The molecule has 1 aliphatic heterocycles. The SMILES string of the molecule is CS(=O)(=O)N(CCCC(=O)NCC1CCCO1)c1ccc(F)cc1. The van der Waals surface area contributed by atoms with Crippen molar-refractivity contribution in [1.82, 2.24) is 5.32 Å². The van der Waals surface area contributed by atoms with Crippen molar-refractivity contribution in [2.45, 2.75) is 31.8 Å². The Kier molecular flexibility index (Phi) is 6.56. The van der Waals surface area contributed by atoms with Gasteiger partial charge in [0.15, 0.2) is 0 Å². The first-order valence-corrected chi connectivity index (χ1v) is 9.82. The van der Waals surface area contributed by atoms with Crippen LogP contribution in [0.5, 0.6) is 0 Å². The van der Waals surface area contributed by atoms with Gasteiger partial charge in [-0.15, -0.1) is 0 Å². The number of halogens is 1. The molecule has 1 heterocycles. The van der Waals surface area contributed by atoms with Gasteiger partial charge in [-0.05, 0) is 43.5 Å². The molecule has 0 aromatic heterocycles. The molecule has 2 rings (SSSR count). The van der Waals surface area contributed by atoms with Gasteiger partial charge in [0, 0.05) is 26.1 Å². The number of carbonyl (C=O) groups excluding carboxylic acids is 1. The number of hydrogen-bond acceptors (Lipinski definition) is 4. The molecule has 1 unspecified atom stereocenters. The summed E-state index contributed by atoms with van der Waals surface area (Å²) in [7, 11) is -3.49. The number of anilines is 1. The fraction of sp³-hybridized carbons (Fsp3) is 0.562. The first-order valence-electron chi connectivity index (χ1n) is 7.98. The lowest BCUT2D eigenvalue weighted by Gasteiger charge is -2.22. The van der Waals surface area contributed by atoms with Crippen LogP contribution in [0, 0.1) is 5.82 Å². The molecule has 0 bridgehead atoms. The molecule has 0 aliphatic carbocycles. The molecule has 1 amide bonds. The van der Waals surface area contributed by atoms with Gasteiger partial charge >= 0.3 is 0 Å². The molecule has 0 saturated carbocycles. The lowest BCUT2D eigenvalue weighted by Crippen LogP contribution is -2.34. The summed E-state index contributed by atoms with van der Waals surface area (Å²) < 4.78 is 43.4. The Labute approximate surface area is 142 Å². The van der Waals surface area contributed by atoms with E-state index in [9.17, 15) is 17.6 Å². The molecule has 24 heavy (non-hydrogen) atoms. The van der Waals surface area contributed by atoms with E-state index in [2.05, 4.69) is 5.32 Å². The van der Waals surface area contributed by atoms with Crippen LogP contribution in [-0.4, -0.2) is 46.4 Å². The maximum atomic E-state index is 13.0. The number of carbonyl (C=O) groups is 1. The first kappa shape index (κ1) is 18.7. The zero-order valence-corrected chi connectivity index (χ0v) is 14.5.